The number of anilines is 3. The molecule has 0 radical (unpaired) electrons. The minimum absolute atomic E-state index is 0.0125. The molecule has 0 bridgehead atoms. The molecule has 1 saturated heterocycles. The van der Waals surface area contributed by atoms with Crippen molar-refractivity contribution in [2.75, 3.05) is 23.4 Å². The monoisotopic (exact) mass is 751 g/mol. The van der Waals surface area contributed by atoms with Crippen LogP contribution in [-0.2, 0) is 27.5 Å². The molecule has 5 rings (SSSR count). The fourth-order valence-corrected chi connectivity index (χ4v) is 6.93. The van der Waals surface area contributed by atoms with Gasteiger partial charge in [0.2, 0.25) is 11.9 Å². The van der Waals surface area contributed by atoms with E-state index in [1.807, 2.05) is 48.2 Å². The first-order valence-electron chi connectivity index (χ1n) is 18.0. The molecule has 3 heterocycles. The van der Waals surface area contributed by atoms with Gasteiger partial charge < -0.3 is 26.8 Å². The van der Waals surface area contributed by atoms with Gasteiger partial charge in [-0.2, -0.15) is 20.1 Å². The second-order valence-corrected chi connectivity index (χ2v) is 14.5. The number of aliphatic carboxylic acids is 1. The third kappa shape index (κ3) is 10.4. The highest BCUT2D eigenvalue weighted by molar-refractivity contribution is 5.97. The summed E-state index contributed by atoms with van der Waals surface area (Å²) in [7, 11) is 1.84. The Hall–Kier alpha value is -6.00. The zero-order valence-electron chi connectivity index (χ0n) is 31.6. The van der Waals surface area contributed by atoms with Gasteiger partial charge in [-0.25, -0.2) is 20.2 Å². The topological polar surface area (TPSA) is 227 Å². The number of fused-ring (bicyclic) bond motifs is 1. The number of aromatic nitrogens is 4. The summed E-state index contributed by atoms with van der Waals surface area (Å²) in [5.41, 5.74) is 16.3. The lowest BCUT2D eigenvalue weighted by molar-refractivity contribution is -0.208. The predicted octanol–water partition coefficient (Wildman–Crippen LogP) is 4.24. The average Bonchev–Trinajstić information content (AvgIpc) is 3.39. The van der Waals surface area contributed by atoms with Crippen LogP contribution in [0.5, 0.6) is 0 Å². The van der Waals surface area contributed by atoms with Crippen molar-refractivity contribution in [3.63, 3.8) is 0 Å². The number of carbonyl (C=O) groups is 3. The van der Waals surface area contributed by atoms with Crippen LogP contribution in [0.2, 0.25) is 0 Å². The van der Waals surface area contributed by atoms with E-state index < -0.39 is 29.4 Å². The van der Waals surface area contributed by atoms with Gasteiger partial charge >= 0.3 is 5.97 Å². The van der Waals surface area contributed by atoms with Crippen molar-refractivity contribution in [1.29, 1.82) is 0 Å². The third-order valence-electron chi connectivity index (χ3n) is 9.27. The smallest absolute Gasteiger partial charge is 0.326 e. The molecule has 2 amide bonds. The van der Waals surface area contributed by atoms with Crippen LogP contribution in [0.4, 0.5) is 17.5 Å². The number of carboxylic acid groups (broad SMARTS) is 1. The van der Waals surface area contributed by atoms with Crippen molar-refractivity contribution in [1.82, 2.24) is 35.7 Å². The van der Waals surface area contributed by atoms with Crippen molar-refractivity contribution in [2.24, 2.45) is 11.0 Å². The van der Waals surface area contributed by atoms with Crippen molar-refractivity contribution in [3.05, 3.63) is 90.3 Å². The number of hydrazone groups is 1. The maximum absolute atomic E-state index is 13.0. The summed E-state index contributed by atoms with van der Waals surface area (Å²) in [5.74, 6) is -1.82. The second-order valence-electron chi connectivity index (χ2n) is 14.5. The number of hydrogen-bond donors (Lipinski definition) is 5. The van der Waals surface area contributed by atoms with Gasteiger partial charge in [0.1, 0.15) is 11.6 Å². The van der Waals surface area contributed by atoms with Gasteiger partial charge in [-0.15, -0.1) is 6.58 Å². The molecule has 290 valence electrons. The molecule has 4 aromatic rings. The Morgan fingerprint density at radius 3 is 2.51 bits per heavy atom. The number of nitrogens with two attached hydrogens (primary N) is 2. The third-order valence-corrected chi connectivity index (χ3v) is 9.27. The molecule has 3 atom stereocenters. The van der Waals surface area contributed by atoms with Crippen LogP contribution in [0.3, 0.4) is 0 Å². The Balaban J connectivity index is 1.14. The van der Waals surface area contributed by atoms with Crippen LogP contribution in [0.1, 0.15) is 74.5 Å². The number of hydroxylamine groups is 2. The lowest BCUT2D eigenvalue weighted by Gasteiger charge is -2.37. The minimum atomic E-state index is -1.30. The van der Waals surface area contributed by atoms with E-state index in [-0.39, 0.29) is 35.7 Å². The van der Waals surface area contributed by atoms with Crippen molar-refractivity contribution in [3.8, 4) is 0 Å². The molecule has 2 aromatic carbocycles. The number of amides is 2. The SMILES string of the molecule is C=CCC1(CC(C)C)CC(C)(C=NNC(=O)CCC(NC(=O)c2ccc(N(C)Cc3cnc4nc(N)nc(N)c4n3)cc2)C(=O)O)ON1Cc1ccccc1. The van der Waals surface area contributed by atoms with Crippen LogP contribution in [0.15, 0.2) is 78.6 Å². The lowest BCUT2D eigenvalue weighted by atomic mass is 9.78. The first-order valence-corrected chi connectivity index (χ1v) is 18.0. The average molecular weight is 752 g/mol. The van der Waals surface area contributed by atoms with E-state index in [0.29, 0.717) is 48.7 Å². The number of rotatable bonds is 17. The molecular weight excluding hydrogens is 703 g/mol. The maximum Gasteiger partial charge on any atom is 0.326 e. The van der Waals surface area contributed by atoms with Crippen LogP contribution in [-0.4, -0.2) is 78.3 Å². The zero-order chi connectivity index (χ0) is 39.8. The molecule has 1 fully saturated rings. The van der Waals surface area contributed by atoms with E-state index in [1.165, 1.54) is 0 Å². The van der Waals surface area contributed by atoms with Crippen LogP contribution in [0.25, 0.3) is 11.2 Å². The number of carboxylic acids is 1. The molecule has 16 heteroatoms. The summed E-state index contributed by atoms with van der Waals surface area (Å²) in [6.45, 7) is 11.2. The summed E-state index contributed by atoms with van der Waals surface area (Å²) in [4.78, 5) is 63.0. The van der Waals surface area contributed by atoms with Crippen molar-refractivity contribution < 1.29 is 24.3 Å². The van der Waals surface area contributed by atoms with E-state index in [0.717, 1.165) is 17.7 Å². The van der Waals surface area contributed by atoms with Gasteiger partial charge in [0, 0.05) is 37.7 Å². The molecule has 0 spiro atoms. The predicted molar refractivity (Wildman–Crippen MR) is 210 cm³/mol. The van der Waals surface area contributed by atoms with Gasteiger partial charge in [-0.1, -0.05) is 50.3 Å². The Bertz CT molecular complexity index is 2030. The van der Waals surface area contributed by atoms with Crippen LogP contribution < -0.4 is 27.1 Å². The number of benzene rings is 2. The Labute approximate surface area is 320 Å². The zero-order valence-corrected chi connectivity index (χ0v) is 31.6. The number of nitrogens with one attached hydrogen (secondary N) is 2. The molecular formula is C39H49N11O5. The maximum atomic E-state index is 13.0. The van der Waals surface area contributed by atoms with E-state index in [9.17, 15) is 19.5 Å². The first-order chi connectivity index (χ1) is 26.2. The Kier molecular flexibility index (Phi) is 12.7. The van der Waals surface area contributed by atoms with Crippen molar-refractivity contribution in [2.45, 2.75) is 83.1 Å². The van der Waals surface area contributed by atoms with Crippen molar-refractivity contribution >= 4 is 52.6 Å². The molecule has 0 aliphatic carbocycles. The molecule has 2 aromatic heterocycles. The van der Waals surface area contributed by atoms with Gasteiger partial charge in [0.15, 0.2) is 17.0 Å². The summed E-state index contributed by atoms with van der Waals surface area (Å²) in [6, 6.07) is 15.4. The molecule has 1 aliphatic rings. The lowest BCUT2D eigenvalue weighted by Crippen LogP contribution is -2.43. The standard InChI is InChI=1S/C39H49N11O5/c1-6-18-39(19-25(2)3)23-38(4,55-50(39)21-26-10-8-7-9-11-26)24-43-48-31(51)17-16-30(36(53)54)45-35(52)27-12-14-29(15-13-27)49(5)22-28-20-42-34-32(44-28)33(40)46-37(41)47-34/h6-15,20,24-25,30H,1,16-19,21-23H2,2-5H3,(H,45,52)(H,48,51)(H,53,54)(H4,40,41,42,46,47). The highest BCUT2D eigenvalue weighted by Gasteiger charge is 2.51. The van der Waals surface area contributed by atoms with E-state index in [2.05, 4.69) is 68.3 Å². The van der Waals surface area contributed by atoms with E-state index in [4.69, 9.17) is 16.3 Å². The molecule has 7 N–H and O–H groups in total. The summed E-state index contributed by atoms with van der Waals surface area (Å²) in [5, 5.41) is 18.6. The minimum Gasteiger partial charge on any atom is -0.480 e. The second kappa shape index (κ2) is 17.4. The largest absolute Gasteiger partial charge is 0.480 e. The Morgan fingerprint density at radius 1 is 1.11 bits per heavy atom. The normalized spacial score (nSPS) is 19.1. The highest BCUT2D eigenvalue weighted by atomic mass is 16.7. The number of hydrogen-bond acceptors (Lipinski definition) is 13. The van der Waals surface area contributed by atoms with Gasteiger partial charge in [0.05, 0.1) is 30.2 Å². The van der Waals surface area contributed by atoms with Gasteiger partial charge in [-0.3, -0.25) is 14.4 Å². The first kappa shape index (κ1) is 40.2. The van der Waals surface area contributed by atoms with E-state index >= 15 is 0 Å². The van der Waals surface area contributed by atoms with Gasteiger partial charge in [-0.05, 0) is 61.9 Å². The quantitative estimate of drug-likeness (QED) is 0.0579. The molecule has 3 unspecified atom stereocenters. The van der Waals surface area contributed by atoms with Crippen LogP contribution >= 0.6 is 0 Å². The molecule has 55 heavy (non-hydrogen) atoms. The number of nitrogen functional groups attached to an aromatic ring is 2. The van der Waals surface area contributed by atoms with Gasteiger partial charge in [0.25, 0.3) is 5.91 Å². The molecule has 16 nitrogen and oxygen atoms in total. The summed E-state index contributed by atoms with van der Waals surface area (Å²) >= 11 is 0. The van der Waals surface area contributed by atoms with Crippen LogP contribution in [0, 0.1) is 5.92 Å². The fourth-order valence-electron chi connectivity index (χ4n) is 6.93. The highest BCUT2D eigenvalue weighted by Crippen LogP contribution is 2.45. The van der Waals surface area contributed by atoms with E-state index in [1.54, 1.807) is 36.7 Å². The summed E-state index contributed by atoms with van der Waals surface area (Å²) < 4.78 is 0. The summed E-state index contributed by atoms with van der Waals surface area (Å²) in [6.07, 6.45) is 6.94. The fraction of sp³-hybridized carbons (Fsp3) is 0.385. The molecule has 0 saturated carbocycles. The molecule has 1 aliphatic heterocycles. The number of nitrogens with zero attached hydrogens (tertiary/aromatic N) is 7. The Morgan fingerprint density at radius 2 is 1.84 bits per heavy atom. The number of carbonyl (C=O) groups excluding carboxylic acids is 2.